The molecule has 0 amide bonds. The lowest BCUT2D eigenvalue weighted by Gasteiger charge is -2.17. The molecule has 1 unspecified atom stereocenters. The van der Waals surface area contributed by atoms with Crippen molar-refractivity contribution in [3.63, 3.8) is 0 Å². The van der Waals surface area contributed by atoms with Gasteiger partial charge in [-0.05, 0) is 31.5 Å². The Morgan fingerprint density at radius 2 is 2.12 bits per heavy atom. The SMILES string of the molecule is CCCCCC(C)Nc1cc(Br)ccc1OC. The minimum atomic E-state index is 0.477. The molecule has 1 N–H and O–H groups in total. The van der Waals surface area contributed by atoms with E-state index in [1.807, 2.05) is 12.1 Å². The first-order valence-electron chi connectivity index (χ1n) is 6.27. The Balaban J connectivity index is 2.57. The highest BCUT2D eigenvalue weighted by Gasteiger charge is 2.07. The monoisotopic (exact) mass is 299 g/mol. The van der Waals surface area contributed by atoms with Crippen LogP contribution in [0.15, 0.2) is 22.7 Å². The lowest BCUT2D eigenvalue weighted by atomic mass is 10.1. The number of ether oxygens (including phenoxy) is 1. The fourth-order valence-electron chi connectivity index (χ4n) is 1.83. The van der Waals surface area contributed by atoms with Gasteiger partial charge < -0.3 is 10.1 Å². The molecule has 0 aromatic heterocycles. The zero-order valence-corrected chi connectivity index (χ0v) is 12.5. The van der Waals surface area contributed by atoms with Crippen molar-refractivity contribution in [2.45, 2.75) is 45.6 Å². The summed E-state index contributed by atoms with van der Waals surface area (Å²) in [5.74, 6) is 0.899. The van der Waals surface area contributed by atoms with Crippen LogP contribution >= 0.6 is 15.9 Å². The molecule has 96 valence electrons. The summed E-state index contributed by atoms with van der Waals surface area (Å²) in [6.07, 6.45) is 5.05. The van der Waals surface area contributed by atoms with Gasteiger partial charge in [-0.2, -0.15) is 0 Å². The van der Waals surface area contributed by atoms with E-state index < -0.39 is 0 Å². The van der Waals surface area contributed by atoms with E-state index >= 15 is 0 Å². The van der Waals surface area contributed by atoms with Gasteiger partial charge in [0, 0.05) is 10.5 Å². The van der Waals surface area contributed by atoms with Crippen molar-refractivity contribution < 1.29 is 4.74 Å². The number of methoxy groups -OCH3 is 1. The maximum Gasteiger partial charge on any atom is 0.142 e. The van der Waals surface area contributed by atoms with E-state index in [0.717, 1.165) is 15.9 Å². The van der Waals surface area contributed by atoms with Crippen LogP contribution in [0.4, 0.5) is 5.69 Å². The minimum absolute atomic E-state index is 0.477. The first kappa shape index (κ1) is 14.4. The Labute approximate surface area is 113 Å². The summed E-state index contributed by atoms with van der Waals surface area (Å²) in [4.78, 5) is 0. The van der Waals surface area contributed by atoms with E-state index in [-0.39, 0.29) is 0 Å². The average Bonchev–Trinajstić information content (AvgIpc) is 2.29. The third kappa shape index (κ3) is 4.99. The van der Waals surface area contributed by atoms with Crippen molar-refractivity contribution in [3.8, 4) is 5.75 Å². The molecule has 17 heavy (non-hydrogen) atoms. The normalized spacial score (nSPS) is 12.2. The summed E-state index contributed by atoms with van der Waals surface area (Å²) in [5, 5.41) is 3.51. The molecule has 2 nitrogen and oxygen atoms in total. The fourth-order valence-corrected chi connectivity index (χ4v) is 2.19. The van der Waals surface area contributed by atoms with Gasteiger partial charge >= 0.3 is 0 Å². The molecule has 0 saturated carbocycles. The molecule has 3 heteroatoms. The standard InChI is InChI=1S/C14H22BrNO/c1-4-5-6-7-11(2)16-13-10-12(15)8-9-14(13)17-3/h8-11,16H,4-7H2,1-3H3. The number of unbranched alkanes of at least 4 members (excludes halogenated alkanes) is 2. The summed E-state index contributed by atoms with van der Waals surface area (Å²) in [7, 11) is 1.70. The summed E-state index contributed by atoms with van der Waals surface area (Å²) in [6, 6.07) is 6.51. The Hall–Kier alpha value is -0.700. The van der Waals surface area contributed by atoms with Crippen LogP contribution in [0.2, 0.25) is 0 Å². The van der Waals surface area contributed by atoms with Gasteiger partial charge in [-0.25, -0.2) is 0 Å². The molecule has 0 aliphatic carbocycles. The van der Waals surface area contributed by atoms with Gasteiger partial charge in [-0.3, -0.25) is 0 Å². The van der Waals surface area contributed by atoms with Gasteiger partial charge in [-0.15, -0.1) is 0 Å². The van der Waals surface area contributed by atoms with Crippen LogP contribution in [0, 0.1) is 0 Å². The Morgan fingerprint density at radius 3 is 2.76 bits per heavy atom. The fraction of sp³-hybridized carbons (Fsp3) is 0.571. The second-order valence-corrected chi connectivity index (χ2v) is 5.30. The second-order valence-electron chi connectivity index (χ2n) is 4.39. The predicted octanol–water partition coefficient (Wildman–Crippen LogP) is 4.84. The number of hydrogen-bond acceptors (Lipinski definition) is 2. The summed E-state index contributed by atoms with van der Waals surface area (Å²) in [5.41, 5.74) is 1.06. The predicted molar refractivity (Wildman–Crippen MR) is 77.9 cm³/mol. The van der Waals surface area contributed by atoms with Crippen LogP contribution in [0.5, 0.6) is 5.75 Å². The largest absolute Gasteiger partial charge is 0.495 e. The zero-order chi connectivity index (χ0) is 12.7. The van der Waals surface area contributed by atoms with E-state index in [9.17, 15) is 0 Å². The van der Waals surface area contributed by atoms with Crippen LogP contribution in [-0.4, -0.2) is 13.2 Å². The van der Waals surface area contributed by atoms with E-state index in [1.165, 1.54) is 25.7 Å². The number of nitrogens with one attached hydrogen (secondary N) is 1. The van der Waals surface area contributed by atoms with Gasteiger partial charge in [0.25, 0.3) is 0 Å². The summed E-state index contributed by atoms with van der Waals surface area (Å²) in [6.45, 7) is 4.45. The summed E-state index contributed by atoms with van der Waals surface area (Å²) >= 11 is 3.48. The zero-order valence-electron chi connectivity index (χ0n) is 10.9. The van der Waals surface area contributed by atoms with E-state index in [4.69, 9.17) is 4.74 Å². The van der Waals surface area contributed by atoms with Crippen LogP contribution in [0.3, 0.4) is 0 Å². The lowest BCUT2D eigenvalue weighted by Crippen LogP contribution is -2.15. The molecule has 1 atom stereocenters. The highest BCUT2D eigenvalue weighted by Crippen LogP contribution is 2.28. The van der Waals surface area contributed by atoms with Gasteiger partial charge in [0.15, 0.2) is 0 Å². The number of rotatable bonds is 7. The molecule has 1 rings (SSSR count). The number of benzene rings is 1. The highest BCUT2D eigenvalue weighted by molar-refractivity contribution is 9.10. The smallest absolute Gasteiger partial charge is 0.142 e. The van der Waals surface area contributed by atoms with Crippen molar-refractivity contribution >= 4 is 21.6 Å². The first-order chi connectivity index (χ1) is 8.17. The molecule has 1 aromatic carbocycles. The molecule has 0 saturated heterocycles. The van der Waals surface area contributed by atoms with Gasteiger partial charge in [0.1, 0.15) is 5.75 Å². The molecule has 0 heterocycles. The van der Waals surface area contributed by atoms with Crippen molar-refractivity contribution in [3.05, 3.63) is 22.7 Å². The molecule has 0 fully saturated rings. The van der Waals surface area contributed by atoms with E-state index in [2.05, 4.69) is 41.2 Å². The second kappa shape index (κ2) is 7.59. The minimum Gasteiger partial charge on any atom is -0.495 e. The Kier molecular flexibility index (Phi) is 6.41. The molecule has 0 radical (unpaired) electrons. The van der Waals surface area contributed by atoms with Gasteiger partial charge in [0.2, 0.25) is 0 Å². The average molecular weight is 300 g/mol. The quantitative estimate of drug-likeness (QED) is 0.728. The topological polar surface area (TPSA) is 21.3 Å². The molecule has 0 spiro atoms. The van der Waals surface area contributed by atoms with Crippen molar-refractivity contribution in [2.24, 2.45) is 0 Å². The highest BCUT2D eigenvalue weighted by atomic mass is 79.9. The number of anilines is 1. The van der Waals surface area contributed by atoms with Gasteiger partial charge in [-0.1, -0.05) is 42.1 Å². The van der Waals surface area contributed by atoms with Crippen LogP contribution < -0.4 is 10.1 Å². The molecule has 0 aliphatic heterocycles. The molecular weight excluding hydrogens is 278 g/mol. The number of hydrogen-bond donors (Lipinski definition) is 1. The van der Waals surface area contributed by atoms with Gasteiger partial charge in [0.05, 0.1) is 12.8 Å². The van der Waals surface area contributed by atoms with Crippen LogP contribution in [-0.2, 0) is 0 Å². The Bertz CT molecular complexity index is 341. The maximum atomic E-state index is 5.34. The molecule has 1 aromatic rings. The Morgan fingerprint density at radius 1 is 1.35 bits per heavy atom. The van der Waals surface area contributed by atoms with Crippen molar-refractivity contribution in [2.75, 3.05) is 12.4 Å². The first-order valence-corrected chi connectivity index (χ1v) is 7.06. The van der Waals surface area contributed by atoms with E-state index in [1.54, 1.807) is 7.11 Å². The number of halogens is 1. The van der Waals surface area contributed by atoms with Crippen molar-refractivity contribution in [1.29, 1.82) is 0 Å². The molecular formula is C14H22BrNO. The summed E-state index contributed by atoms with van der Waals surface area (Å²) < 4.78 is 6.41. The van der Waals surface area contributed by atoms with Crippen molar-refractivity contribution in [1.82, 2.24) is 0 Å². The third-order valence-electron chi connectivity index (χ3n) is 2.80. The molecule has 0 bridgehead atoms. The maximum absolute atomic E-state index is 5.34. The van der Waals surface area contributed by atoms with E-state index in [0.29, 0.717) is 6.04 Å². The lowest BCUT2D eigenvalue weighted by molar-refractivity contribution is 0.415. The third-order valence-corrected chi connectivity index (χ3v) is 3.30. The van der Waals surface area contributed by atoms with Crippen LogP contribution in [0.1, 0.15) is 39.5 Å². The molecule has 0 aliphatic rings. The van der Waals surface area contributed by atoms with Crippen LogP contribution in [0.25, 0.3) is 0 Å².